The van der Waals surface area contributed by atoms with Crippen molar-refractivity contribution in [2.24, 2.45) is 0 Å². The van der Waals surface area contributed by atoms with E-state index in [0.717, 1.165) is 16.8 Å². The van der Waals surface area contributed by atoms with Crippen LogP contribution in [0.2, 0.25) is 0 Å². The molecule has 3 aromatic carbocycles. The van der Waals surface area contributed by atoms with Gasteiger partial charge in [-0.25, -0.2) is 9.37 Å². The zero-order chi connectivity index (χ0) is 26.3. The molecule has 1 amide bonds. The first kappa shape index (κ1) is 24.3. The molecule has 188 valence electrons. The number of hydrogen-bond donors (Lipinski definition) is 1. The second kappa shape index (κ2) is 9.55. The van der Waals surface area contributed by atoms with E-state index in [1.54, 1.807) is 43.5 Å². The van der Waals surface area contributed by atoms with E-state index in [0.29, 0.717) is 22.6 Å². The van der Waals surface area contributed by atoms with Gasteiger partial charge in [0.2, 0.25) is 0 Å². The van der Waals surface area contributed by atoms with Crippen LogP contribution in [0.5, 0.6) is 17.2 Å². The van der Waals surface area contributed by atoms with E-state index in [1.807, 2.05) is 0 Å². The Morgan fingerprint density at radius 3 is 2.43 bits per heavy atom. The molecule has 1 atom stereocenters. The van der Waals surface area contributed by atoms with Crippen molar-refractivity contribution in [1.29, 1.82) is 0 Å². The van der Waals surface area contributed by atoms with E-state index in [2.05, 4.69) is 4.98 Å². The molecule has 37 heavy (non-hydrogen) atoms. The third-order valence-electron chi connectivity index (χ3n) is 6.08. The summed E-state index contributed by atoms with van der Waals surface area (Å²) in [6, 6.07) is 14.2. The zero-order valence-electron chi connectivity index (χ0n) is 20.0. The Morgan fingerprint density at radius 2 is 1.76 bits per heavy atom. The molecular formula is C27H21FN2O6S. The molecule has 1 aliphatic rings. The molecule has 0 saturated carbocycles. The third kappa shape index (κ3) is 4.05. The van der Waals surface area contributed by atoms with E-state index in [-0.39, 0.29) is 22.0 Å². The number of hydrogen-bond acceptors (Lipinski definition) is 8. The number of carbonyl (C=O) groups excluding carboxylic acids is 2. The lowest BCUT2D eigenvalue weighted by molar-refractivity contribution is -0.132. The van der Waals surface area contributed by atoms with Crippen LogP contribution in [-0.4, -0.2) is 43.1 Å². The first-order valence-electron chi connectivity index (χ1n) is 11.1. The summed E-state index contributed by atoms with van der Waals surface area (Å²) in [7, 11) is 4.46. The maximum Gasteiger partial charge on any atom is 0.301 e. The number of fused-ring (bicyclic) bond motifs is 1. The molecular weight excluding hydrogens is 499 g/mol. The SMILES string of the molecule is COc1ccc2nc(N3C(=O)C(=O)C(=C(O)c4ccc(F)cc4)C3c3cccc(OC)c3OC)sc2c1. The van der Waals surface area contributed by atoms with Crippen molar-refractivity contribution in [2.75, 3.05) is 26.2 Å². The lowest BCUT2D eigenvalue weighted by Gasteiger charge is -2.25. The number of ketones is 1. The van der Waals surface area contributed by atoms with Crippen LogP contribution in [0, 0.1) is 5.82 Å². The van der Waals surface area contributed by atoms with Crippen molar-refractivity contribution < 1.29 is 33.3 Å². The maximum absolute atomic E-state index is 13.6. The molecule has 5 rings (SSSR count). The highest BCUT2D eigenvalue weighted by atomic mass is 32.1. The molecule has 0 aliphatic carbocycles. The van der Waals surface area contributed by atoms with Gasteiger partial charge in [0.1, 0.15) is 23.4 Å². The molecule has 1 fully saturated rings. The van der Waals surface area contributed by atoms with Gasteiger partial charge in [0.05, 0.1) is 37.1 Å². The third-order valence-corrected chi connectivity index (χ3v) is 7.10. The number of halogens is 1. The summed E-state index contributed by atoms with van der Waals surface area (Å²) in [5, 5.41) is 11.5. The van der Waals surface area contributed by atoms with Crippen LogP contribution >= 0.6 is 11.3 Å². The summed E-state index contributed by atoms with van der Waals surface area (Å²) in [6.45, 7) is 0. The number of thiazole rings is 1. The molecule has 10 heteroatoms. The largest absolute Gasteiger partial charge is 0.507 e. The monoisotopic (exact) mass is 520 g/mol. The van der Waals surface area contributed by atoms with Gasteiger partial charge in [-0.1, -0.05) is 23.5 Å². The van der Waals surface area contributed by atoms with Gasteiger partial charge in [-0.3, -0.25) is 14.5 Å². The highest BCUT2D eigenvalue weighted by molar-refractivity contribution is 7.22. The van der Waals surface area contributed by atoms with Crippen molar-refractivity contribution in [3.63, 3.8) is 0 Å². The Hall–Kier alpha value is -4.44. The molecule has 4 aromatic rings. The Kier molecular flexibility index (Phi) is 6.26. The molecule has 2 heterocycles. The van der Waals surface area contributed by atoms with Crippen LogP contribution in [0.1, 0.15) is 17.2 Å². The summed E-state index contributed by atoms with van der Waals surface area (Å²) in [6.07, 6.45) is 0. The maximum atomic E-state index is 13.6. The molecule has 0 bridgehead atoms. The molecule has 0 radical (unpaired) electrons. The number of carbonyl (C=O) groups is 2. The van der Waals surface area contributed by atoms with E-state index in [9.17, 15) is 19.1 Å². The van der Waals surface area contributed by atoms with Crippen LogP contribution in [0.25, 0.3) is 16.0 Å². The van der Waals surface area contributed by atoms with Crippen molar-refractivity contribution in [3.8, 4) is 17.2 Å². The summed E-state index contributed by atoms with van der Waals surface area (Å²) in [5.74, 6) is -1.45. The number of methoxy groups -OCH3 is 3. The van der Waals surface area contributed by atoms with Crippen LogP contribution in [0.4, 0.5) is 9.52 Å². The Bertz CT molecular complexity index is 1560. The number of Topliss-reactive ketones (excluding diaryl/α,β-unsaturated/α-hetero) is 1. The van der Waals surface area contributed by atoms with E-state index >= 15 is 0 Å². The summed E-state index contributed by atoms with van der Waals surface area (Å²) >= 11 is 1.20. The van der Waals surface area contributed by atoms with Crippen LogP contribution < -0.4 is 19.1 Å². The highest BCUT2D eigenvalue weighted by Gasteiger charge is 2.49. The number of benzene rings is 3. The van der Waals surface area contributed by atoms with Gasteiger partial charge in [-0.05, 0) is 48.5 Å². The standard InChI is InChI=1S/C27H21FN2O6S/c1-34-16-11-12-18-20(13-16)37-27(29-18)30-22(17-5-4-6-19(35-2)25(17)36-3)21(24(32)26(30)33)23(31)14-7-9-15(28)10-8-14/h4-13,22,31H,1-3H3. The molecule has 1 unspecified atom stereocenters. The molecule has 0 spiro atoms. The minimum absolute atomic E-state index is 0.181. The minimum atomic E-state index is -1.10. The lowest BCUT2D eigenvalue weighted by Crippen LogP contribution is -2.29. The average molecular weight is 521 g/mol. The number of aliphatic hydroxyl groups is 1. The smallest absolute Gasteiger partial charge is 0.301 e. The van der Waals surface area contributed by atoms with E-state index in [1.165, 1.54) is 42.6 Å². The van der Waals surface area contributed by atoms with Crippen LogP contribution in [-0.2, 0) is 9.59 Å². The predicted octanol–water partition coefficient (Wildman–Crippen LogP) is 5.09. The Morgan fingerprint density at radius 1 is 1.00 bits per heavy atom. The van der Waals surface area contributed by atoms with Gasteiger partial charge in [0, 0.05) is 11.1 Å². The molecule has 1 N–H and O–H groups in total. The number of anilines is 1. The van der Waals surface area contributed by atoms with Gasteiger partial charge >= 0.3 is 5.91 Å². The fourth-order valence-electron chi connectivity index (χ4n) is 4.34. The van der Waals surface area contributed by atoms with E-state index < -0.39 is 29.3 Å². The van der Waals surface area contributed by atoms with Gasteiger partial charge < -0.3 is 19.3 Å². The van der Waals surface area contributed by atoms with Crippen molar-refractivity contribution >= 4 is 44.1 Å². The van der Waals surface area contributed by atoms with E-state index in [4.69, 9.17) is 14.2 Å². The number of aliphatic hydroxyl groups excluding tert-OH is 1. The summed E-state index contributed by atoms with van der Waals surface area (Å²) in [4.78, 5) is 32.7. The fourth-order valence-corrected chi connectivity index (χ4v) is 5.36. The first-order chi connectivity index (χ1) is 17.9. The normalized spacial score (nSPS) is 16.9. The van der Waals surface area contributed by atoms with Gasteiger partial charge in [-0.15, -0.1) is 0 Å². The number of aromatic nitrogens is 1. The lowest BCUT2D eigenvalue weighted by atomic mass is 9.94. The quantitative estimate of drug-likeness (QED) is 0.215. The number of para-hydroxylation sites is 1. The molecule has 1 saturated heterocycles. The fraction of sp³-hybridized carbons (Fsp3) is 0.148. The number of ether oxygens (including phenoxy) is 3. The van der Waals surface area contributed by atoms with Crippen molar-refractivity contribution in [1.82, 2.24) is 4.98 Å². The molecule has 1 aliphatic heterocycles. The molecule has 8 nitrogen and oxygen atoms in total. The Labute approximate surface area is 215 Å². The van der Waals surface area contributed by atoms with Crippen LogP contribution in [0.15, 0.2) is 66.2 Å². The number of amides is 1. The summed E-state index contributed by atoms with van der Waals surface area (Å²) < 4.78 is 30.6. The van der Waals surface area contributed by atoms with Gasteiger partial charge in [0.15, 0.2) is 16.6 Å². The number of nitrogens with zero attached hydrogens (tertiary/aromatic N) is 2. The van der Waals surface area contributed by atoms with Crippen molar-refractivity contribution in [3.05, 3.63) is 83.2 Å². The second-order valence-corrected chi connectivity index (χ2v) is 9.10. The topological polar surface area (TPSA) is 98.2 Å². The highest BCUT2D eigenvalue weighted by Crippen LogP contribution is 2.48. The minimum Gasteiger partial charge on any atom is -0.507 e. The number of rotatable bonds is 6. The van der Waals surface area contributed by atoms with Gasteiger partial charge in [-0.2, -0.15) is 0 Å². The average Bonchev–Trinajstić information content (AvgIpc) is 3.45. The first-order valence-corrected chi connectivity index (χ1v) is 11.9. The Balaban J connectivity index is 1.77. The zero-order valence-corrected chi connectivity index (χ0v) is 20.8. The predicted molar refractivity (Wildman–Crippen MR) is 137 cm³/mol. The molecule has 1 aromatic heterocycles. The van der Waals surface area contributed by atoms with Crippen molar-refractivity contribution in [2.45, 2.75) is 6.04 Å². The van der Waals surface area contributed by atoms with Crippen LogP contribution in [0.3, 0.4) is 0 Å². The second-order valence-electron chi connectivity index (χ2n) is 8.09. The summed E-state index contributed by atoms with van der Waals surface area (Å²) in [5.41, 5.74) is 1.01. The van der Waals surface area contributed by atoms with Gasteiger partial charge in [0.25, 0.3) is 5.78 Å².